The van der Waals surface area contributed by atoms with E-state index in [9.17, 15) is 18.3 Å². The number of hydrogen-bond donors (Lipinski definition) is 1. The van der Waals surface area contributed by atoms with Gasteiger partial charge in [0.2, 0.25) is 10.0 Å². The average molecular weight is 367 g/mol. The van der Waals surface area contributed by atoms with Gasteiger partial charge in [-0.3, -0.25) is 0 Å². The molecule has 0 bridgehead atoms. The summed E-state index contributed by atoms with van der Waals surface area (Å²) in [5, 5.41) is 10.9. The Morgan fingerprint density at radius 3 is 2.50 bits per heavy atom. The lowest BCUT2D eigenvalue weighted by Crippen LogP contribution is -2.33. The van der Waals surface area contributed by atoms with Gasteiger partial charge in [-0.15, -0.1) is 0 Å². The highest BCUT2D eigenvalue weighted by Crippen LogP contribution is 2.20. The molecule has 0 aliphatic carbocycles. The number of rotatable bonds is 7. The van der Waals surface area contributed by atoms with Gasteiger partial charge in [0, 0.05) is 16.6 Å². The third kappa shape index (κ3) is 4.80. The number of halogens is 1. The summed E-state index contributed by atoms with van der Waals surface area (Å²) in [5.74, 6) is -1.52. The highest BCUT2D eigenvalue weighted by molar-refractivity contribution is 7.89. The highest BCUT2D eigenvalue weighted by Gasteiger charge is 2.19. The first-order valence-electron chi connectivity index (χ1n) is 7.37. The van der Waals surface area contributed by atoms with Crippen molar-refractivity contribution in [1.82, 2.24) is 4.72 Å². The summed E-state index contributed by atoms with van der Waals surface area (Å²) in [7, 11) is -3.84. The number of aryl methyl sites for hydroxylation is 1. The van der Waals surface area contributed by atoms with Crippen LogP contribution in [0.2, 0.25) is 5.02 Å². The summed E-state index contributed by atoms with van der Waals surface area (Å²) in [6.07, 6.45) is 1.35. The normalized spacial score (nSPS) is 12.8. The number of benzene rings is 2. The van der Waals surface area contributed by atoms with Crippen molar-refractivity contribution in [2.45, 2.75) is 30.7 Å². The van der Waals surface area contributed by atoms with Crippen molar-refractivity contribution in [1.29, 1.82) is 0 Å². The van der Waals surface area contributed by atoms with Gasteiger partial charge in [0.1, 0.15) is 0 Å². The standard InChI is InChI=1S/C17H18ClNO4S/c1-12(7-8-13-5-3-2-4-6-13)19-24(22,23)14-9-10-16(18)15(11-14)17(20)21/h2-6,9-12,19H,7-8H2,1H3,(H,20,21)/p-1/t12-/m0/s1. The molecule has 0 saturated heterocycles. The van der Waals surface area contributed by atoms with Gasteiger partial charge >= 0.3 is 0 Å². The number of nitrogens with one attached hydrogen (secondary N) is 1. The first-order chi connectivity index (χ1) is 11.3. The molecule has 0 aliphatic rings. The number of aromatic carboxylic acids is 1. The maximum Gasteiger partial charge on any atom is 0.240 e. The third-order valence-corrected chi connectivity index (χ3v) is 5.45. The van der Waals surface area contributed by atoms with Crippen LogP contribution in [0.1, 0.15) is 29.3 Å². The molecular weight excluding hydrogens is 350 g/mol. The maximum atomic E-state index is 12.4. The van der Waals surface area contributed by atoms with Crippen LogP contribution in [0.5, 0.6) is 0 Å². The van der Waals surface area contributed by atoms with Crippen molar-refractivity contribution in [2.24, 2.45) is 0 Å². The molecule has 0 heterocycles. The van der Waals surface area contributed by atoms with Crippen LogP contribution in [0, 0.1) is 0 Å². The zero-order chi connectivity index (χ0) is 17.7. The molecule has 5 nitrogen and oxygen atoms in total. The van der Waals surface area contributed by atoms with Crippen molar-refractivity contribution < 1.29 is 18.3 Å². The first kappa shape index (κ1) is 18.4. The largest absolute Gasteiger partial charge is 0.545 e. The van der Waals surface area contributed by atoms with Crippen LogP contribution in [-0.4, -0.2) is 20.4 Å². The van der Waals surface area contributed by atoms with E-state index < -0.39 is 16.0 Å². The number of carbonyl (C=O) groups excluding carboxylic acids is 1. The Morgan fingerprint density at radius 1 is 1.21 bits per heavy atom. The second kappa shape index (κ2) is 7.79. The number of carboxylic acid groups (broad SMARTS) is 1. The van der Waals surface area contributed by atoms with Crippen LogP contribution in [0.15, 0.2) is 53.4 Å². The van der Waals surface area contributed by atoms with E-state index in [1.165, 1.54) is 12.1 Å². The molecule has 0 spiro atoms. The van der Waals surface area contributed by atoms with E-state index >= 15 is 0 Å². The smallest absolute Gasteiger partial charge is 0.240 e. The number of carboxylic acids is 1. The van der Waals surface area contributed by atoms with Crippen molar-refractivity contribution in [3.8, 4) is 0 Å². The van der Waals surface area contributed by atoms with Crippen LogP contribution < -0.4 is 9.83 Å². The molecule has 0 radical (unpaired) electrons. The maximum absolute atomic E-state index is 12.4. The number of hydrogen-bond acceptors (Lipinski definition) is 4. The molecule has 1 N–H and O–H groups in total. The molecule has 128 valence electrons. The van der Waals surface area contributed by atoms with E-state index in [4.69, 9.17) is 11.6 Å². The minimum absolute atomic E-state index is 0.0638. The molecule has 0 fully saturated rings. The zero-order valence-corrected chi connectivity index (χ0v) is 14.6. The molecule has 0 unspecified atom stereocenters. The van der Waals surface area contributed by atoms with Crippen molar-refractivity contribution in [2.75, 3.05) is 0 Å². The van der Waals surface area contributed by atoms with Crippen LogP contribution in [0.25, 0.3) is 0 Å². The van der Waals surface area contributed by atoms with Crippen LogP contribution >= 0.6 is 11.6 Å². The molecule has 0 saturated carbocycles. The SMILES string of the molecule is C[C@@H](CCc1ccccc1)NS(=O)(=O)c1ccc(Cl)c(C(=O)[O-])c1. The van der Waals surface area contributed by atoms with E-state index in [0.717, 1.165) is 18.1 Å². The quantitative estimate of drug-likeness (QED) is 0.812. The first-order valence-corrected chi connectivity index (χ1v) is 9.23. The minimum Gasteiger partial charge on any atom is -0.545 e. The lowest BCUT2D eigenvalue weighted by Gasteiger charge is -2.15. The lowest BCUT2D eigenvalue weighted by molar-refractivity contribution is -0.255. The molecule has 0 aliphatic heterocycles. The Morgan fingerprint density at radius 2 is 1.88 bits per heavy atom. The van der Waals surface area contributed by atoms with Crippen molar-refractivity contribution in [3.63, 3.8) is 0 Å². The van der Waals surface area contributed by atoms with Crippen molar-refractivity contribution in [3.05, 3.63) is 64.7 Å². The molecule has 2 rings (SSSR count). The molecule has 0 amide bonds. The molecule has 7 heteroatoms. The van der Waals surface area contributed by atoms with Crippen molar-refractivity contribution >= 4 is 27.6 Å². The summed E-state index contributed by atoms with van der Waals surface area (Å²) in [6, 6.07) is 12.9. The summed E-state index contributed by atoms with van der Waals surface area (Å²) in [5.41, 5.74) is 0.769. The second-order valence-electron chi connectivity index (χ2n) is 5.48. The topological polar surface area (TPSA) is 86.3 Å². The highest BCUT2D eigenvalue weighted by atomic mass is 35.5. The van der Waals surface area contributed by atoms with E-state index in [-0.39, 0.29) is 21.5 Å². The van der Waals surface area contributed by atoms with Gasteiger partial charge in [0.15, 0.2) is 0 Å². The Bertz CT molecular complexity index is 822. The molecule has 2 aromatic carbocycles. The average Bonchev–Trinajstić information content (AvgIpc) is 2.53. The second-order valence-corrected chi connectivity index (χ2v) is 7.60. The Labute approximate surface area is 146 Å². The summed E-state index contributed by atoms with van der Waals surface area (Å²) in [4.78, 5) is 10.8. The van der Waals surface area contributed by atoms with Gasteiger partial charge in [0.05, 0.1) is 10.9 Å². The van der Waals surface area contributed by atoms with E-state index in [1.54, 1.807) is 6.92 Å². The lowest BCUT2D eigenvalue weighted by atomic mass is 10.1. The van der Waals surface area contributed by atoms with Gasteiger partial charge in [-0.25, -0.2) is 13.1 Å². The fourth-order valence-corrected chi connectivity index (χ4v) is 3.75. The van der Waals surface area contributed by atoms with E-state index in [2.05, 4.69) is 4.72 Å². The van der Waals surface area contributed by atoms with Crippen LogP contribution in [0.3, 0.4) is 0 Å². The number of sulfonamides is 1. The van der Waals surface area contributed by atoms with Gasteiger partial charge in [-0.1, -0.05) is 41.9 Å². The molecule has 1 atom stereocenters. The predicted molar refractivity (Wildman–Crippen MR) is 90.3 cm³/mol. The van der Waals surface area contributed by atoms with Crippen LogP contribution in [0.4, 0.5) is 0 Å². The van der Waals surface area contributed by atoms with Gasteiger partial charge in [0.25, 0.3) is 0 Å². The Kier molecular flexibility index (Phi) is 5.99. The van der Waals surface area contributed by atoms with E-state index in [1.807, 2.05) is 30.3 Å². The predicted octanol–water partition coefficient (Wildman–Crippen LogP) is 2.00. The van der Waals surface area contributed by atoms with Gasteiger partial charge < -0.3 is 9.90 Å². The molecule has 0 aromatic heterocycles. The third-order valence-electron chi connectivity index (χ3n) is 3.53. The molecule has 24 heavy (non-hydrogen) atoms. The zero-order valence-electron chi connectivity index (χ0n) is 13.0. The van der Waals surface area contributed by atoms with Gasteiger partial charge in [-0.05, 0) is 43.5 Å². The fourth-order valence-electron chi connectivity index (χ4n) is 2.25. The summed E-state index contributed by atoms with van der Waals surface area (Å²) >= 11 is 5.73. The van der Waals surface area contributed by atoms with Gasteiger partial charge in [-0.2, -0.15) is 0 Å². The summed E-state index contributed by atoms with van der Waals surface area (Å²) < 4.78 is 27.3. The Hall–Kier alpha value is -1.89. The minimum atomic E-state index is -3.84. The molecular formula is C17H17ClNO4S-. The monoisotopic (exact) mass is 366 g/mol. The van der Waals surface area contributed by atoms with Crippen LogP contribution in [-0.2, 0) is 16.4 Å². The molecule has 2 aromatic rings. The number of carbonyl (C=O) groups is 1. The fraction of sp³-hybridized carbons (Fsp3) is 0.235. The van der Waals surface area contributed by atoms with E-state index in [0.29, 0.717) is 6.42 Å². The Balaban J connectivity index is 2.07. The summed E-state index contributed by atoms with van der Waals surface area (Å²) in [6.45, 7) is 1.76.